The van der Waals surface area contributed by atoms with Crippen LogP contribution in [0.4, 0.5) is 23.5 Å². The van der Waals surface area contributed by atoms with Gasteiger partial charge in [0.15, 0.2) is 35.4 Å². The van der Waals surface area contributed by atoms with Crippen molar-refractivity contribution < 1.29 is 44.2 Å². The van der Waals surface area contributed by atoms with Crippen molar-refractivity contribution in [1.82, 2.24) is 29.1 Å². The summed E-state index contributed by atoms with van der Waals surface area (Å²) in [6, 6.07) is -0.898. The number of carbonyl (C=O) groups is 1. The molecule has 0 spiro atoms. The molecule has 3 aliphatic heterocycles. The number of aliphatic hydroxyl groups is 4. The summed E-state index contributed by atoms with van der Waals surface area (Å²) in [6.07, 6.45) is -9.90. The Labute approximate surface area is 326 Å². The van der Waals surface area contributed by atoms with Crippen molar-refractivity contribution in [2.75, 3.05) is 61.7 Å². The molecule has 0 bridgehead atoms. The molecule has 4 aromatic rings. The molecule has 56 heavy (non-hydrogen) atoms. The molecule has 306 valence electrons. The number of hydrogen-bond acceptors (Lipinski definition) is 22. The predicted molar refractivity (Wildman–Crippen MR) is 203 cm³/mol. The maximum Gasteiger partial charge on any atom is 0.323 e. The van der Waals surface area contributed by atoms with E-state index < -0.39 is 83.5 Å². The zero-order valence-electron chi connectivity index (χ0n) is 30.9. The zero-order valence-corrected chi connectivity index (χ0v) is 32.5. The van der Waals surface area contributed by atoms with E-state index in [1.54, 1.807) is 19.0 Å². The van der Waals surface area contributed by atoms with Crippen LogP contribution in [-0.2, 0) is 23.7 Å². The monoisotopic (exact) mass is 823 g/mol. The topological polar surface area (TPSA) is 315 Å². The molecular formula is C32H45N11O11S2. The van der Waals surface area contributed by atoms with E-state index in [1.165, 1.54) is 4.57 Å². The second kappa shape index (κ2) is 15.7. The third-order valence-electron chi connectivity index (χ3n) is 10.4. The third kappa shape index (κ3) is 7.07. The Balaban J connectivity index is 1.16. The number of carbonyl (C=O) groups excluding carboxylic acids is 1. The SMILES string of the molecule is CCC(C)[C@H](N)C(=O)OC[C@H]1O[C@@H](n2c(=O)sc3c(N(C)C)nc(N)nc32)[C@H](O)[C@@H]1OC1CCN(c2nc(N)nc3c2sc(=O)n3[C@@H]2O[C@H](CO)[C@@H](O)[C@H]2O)C1. The van der Waals surface area contributed by atoms with Crippen molar-refractivity contribution >= 4 is 72.9 Å². The fourth-order valence-corrected chi connectivity index (χ4v) is 9.12. The molecule has 4 aromatic heterocycles. The zero-order chi connectivity index (χ0) is 40.3. The van der Waals surface area contributed by atoms with Crippen LogP contribution in [0.5, 0.6) is 0 Å². The van der Waals surface area contributed by atoms with Crippen molar-refractivity contribution in [1.29, 1.82) is 0 Å². The molecule has 0 amide bonds. The minimum absolute atomic E-state index is 0.0666. The molecule has 10 N–H and O–H groups in total. The molecule has 0 aliphatic carbocycles. The van der Waals surface area contributed by atoms with Crippen LogP contribution in [0.1, 0.15) is 39.1 Å². The van der Waals surface area contributed by atoms with Crippen molar-refractivity contribution in [2.24, 2.45) is 11.7 Å². The minimum atomic E-state index is -1.53. The van der Waals surface area contributed by atoms with E-state index in [0.717, 1.165) is 27.2 Å². The van der Waals surface area contributed by atoms with E-state index in [1.807, 2.05) is 18.7 Å². The van der Waals surface area contributed by atoms with Crippen LogP contribution in [0.25, 0.3) is 20.7 Å². The number of rotatable bonds is 12. The van der Waals surface area contributed by atoms with Gasteiger partial charge in [0.2, 0.25) is 11.9 Å². The van der Waals surface area contributed by atoms with Crippen molar-refractivity contribution in [2.45, 2.75) is 87.9 Å². The van der Waals surface area contributed by atoms with Gasteiger partial charge in [0.1, 0.15) is 58.7 Å². The number of thiazole rings is 2. The molecule has 2 unspecified atom stereocenters. The summed E-state index contributed by atoms with van der Waals surface area (Å²) in [7, 11) is 3.48. The first-order valence-electron chi connectivity index (χ1n) is 18.0. The second-order valence-electron chi connectivity index (χ2n) is 14.3. The quantitative estimate of drug-likeness (QED) is 0.0739. The van der Waals surface area contributed by atoms with Gasteiger partial charge in [0.25, 0.3) is 0 Å². The lowest BCUT2D eigenvalue weighted by Gasteiger charge is -2.25. The van der Waals surface area contributed by atoms with Crippen molar-refractivity contribution in [3.8, 4) is 0 Å². The number of hydrogen-bond donors (Lipinski definition) is 7. The lowest BCUT2D eigenvalue weighted by atomic mass is 10.0. The molecule has 3 saturated heterocycles. The molecule has 0 saturated carbocycles. The summed E-state index contributed by atoms with van der Waals surface area (Å²) in [4.78, 5) is 59.4. The van der Waals surface area contributed by atoms with Gasteiger partial charge in [-0.2, -0.15) is 19.9 Å². The molecular weight excluding hydrogens is 779 g/mol. The molecule has 0 aromatic carbocycles. The number of ether oxygens (including phenoxy) is 4. The maximum atomic E-state index is 13.5. The average Bonchev–Trinajstić information content (AvgIpc) is 3.97. The summed E-state index contributed by atoms with van der Waals surface area (Å²) >= 11 is 1.65. The van der Waals surface area contributed by atoms with Crippen molar-refractivity contribution in [3.63, 3.8) is 0 Å². The summed E-state index contributed by atoms with van der Waals surface area (Å²) in [6.45, 7) is 3.36. The molecule has 22 nitrogen and oxygen atoms in total. The largest absolute Gasteiger partial charge is 0.462 e. The number of esters is 1. The van der Waals surface area contributed by atoms with Gasteiger partial charge in [-0.15, -0.1) is 0 Å². The summed E-state index contributed by atoms with van der Waals surface area (Å²) < 4.78 is 27.0. The first-order valence-corrected chi connectivity index (χ1v) is 19.6. The normalized spacial score (nSPS) is 29.1. The number of fused-ring (bicyclic) bond motifs is 2. The number of nitrogens with zero attached hydrogens (tertiary/aromatic N) is 8. The number of aromatic nitrogens is 6. The van der Waals surface area contributed by atoms with Crippen LogP contribution in [0.3, 0.4) is 0 Å². The Morgan fingerprint density at radius 2 is 1.55 bits per heavy atom. The van der Waals surface area contributed by atoms with Crippen LogP contribution in [0, 0.1) is 5.92 Å². The van der Waals surface area contributed by atoms with E-state index in [9.17, 15) is 34.8 Å². The van der Waals surface area contributed by atoms with Gasteiger partial charge in [0, 0.05) is 27.2 Å². The lowest BCUT2D eigenvalue weighted by Crippen LogP contribution is -2.43. The van der Waals surface area contributed by atoms with Crippen LogP contribution in [0.2, 0.25) is 0 Å². The van der Waals surface area contributed by atoms with Crippen LogP contribution in [-0.4, -0.2) is 145 Å². The first-order chi connectivity index (χ1) is 26.6. The van der Waals surface area contributed by atoms with Gasteiger partial charge in [-0.05, 0) is 12.3 Å². The van der Waals surface area contributed by atoms with Gasteiger partial charge >= 0.3 is 15.7 Å². The highest BCUT2D eigenvalue weighted by atomic mass is 32.1. The lowest BCUT2D eigenvalue weighted by molar-refractivity contribution is -0.154. The predicted octanol–water partition coefficient (Wildman–Crippen LogP) is -2.30. The highest BCUT2D eigenvalue weighted by Crippen LogP contribution is 2.39. The highest BCUT2D eigenvalue weighted by Gasteiger charge is 2.50. The number of nitrogens with two attached hydrogens (primary N) is 3. The smallest absolute Gasteiger partial charge is 0.323 e. The second-order valence-corrected chi connectivity index (χ2v) is 16.2. The van der Waals surface area contributed by atoms with Gasteiger partial charge in [0.05, 0.1) is 12.7 Å². The number of anilines is 4. The molecule has 0 radical (unpaired) electrons. The maximum absolute atomic E-state index is 13.5. The molecule has 7 heterocycles. The molecule has 7 rings (SSSR count). The number of nitrogen functional groups attached to an aromatic ring is 2. The van der Waals surface area contributed by atoms with Gasteiger partial charge in [-0.3, -0.25) is 23.5 Å². The first kappa shape index (κ1) is 40.1. The average molecular weight is 824 g/mol. The van der Waals surface area contributed by atoms with Crippen LogP contribution < -0.4 is 36.7 Å². The van der Waals surface area contributed by atoms with E-state index in [0.29, 0.717) is 40.4 Å². The Kier molecular flexibility index (Phi) is 11.2. The highest BCUT2D eigenvalue weighted by molar-refractivity contribution is 7.17. The Hall–Kier alpha value is -4.11. The standard InChI is InChI=1S/C32H45N11O11S2/c1-5-11(2)15(33)28(48)51-10-14-19(18(47)27(54-14)43-24-20(55-32(43)50)22(40(3)4)36-29(34)38-24)52-12-6-7-41(8-12)23-21-25(39-30(35)37-23)42(31(49)56-21)26-17(46)16(45)13(9-44)53-26/h11-19,26-27,44-47H,5-10,33H2,1-4H3,(H2,34,36,38)(H2,35,37,39)/t11?,12?,13-,14-,15+,16-,17-,18-,19-,26-,27-/m1/s1. The fourth-order valence-electron chi connectivity index (χ4n) is 7.14. The van der Waals surface area contributed by atoms with Gasteiger partial charge in [-0.1, -0.05) is 42.9 Å². The number of aliphatic hydroxyl groups excluding tert-OH is 4. The van der Waals surface area contributed by atoms with Gasteiger partial charge in [-0.25, -0.2) is 0 Å². The van der Waals surface area contributed by atoms with Crippen molar-refractivity contribution in [3.05, 3.63) is 19.3 Å². The fraction of sp³-hybridized carbons (Fsp3) is 0.656. The molecule has 24 heteroatoms. The molecule has 3 aliphatic rings. The minimum Gasteiger partial charge on any atom is -0.462 e. The molecule has 3 fully saturated rings. The Morgan fingerprint density at radius 3 is 2.18 bits per heavy atom. The van der Waals surface area contributed by atoms with E-state index in [4.69, 9.17) is 36.1 Å². The third-order valence-corrected chi connectivity index (χ3v) is 12.3. The summed E-state index contributed by atoms with van der Waals surface area (Å²) in [5.41, 5.74) is 18.5. The van der Waals surface area contributed by atoms with E-state index >= 15 is 0 Å². The van der Waals surface area contributed by atoms with E-state index in [2.05, 4.69) is 19.9 Å². The van der Waals surface area contributed by atoms with Crippen LogP contribution in [0.15, 0.2) is 9.59 Å². The summed E-state index contributed by atoms with van der Waals surface area (Å²) in [5, 5.41) is 42.4. The Bertz CT molecular complexity index is 2210. The molecule has 11 atom stereocenters. The van der Waals surface area contributed by atoms with Gasteiger partial charge < -0.3 is 66.4 Å². The Morgan fingerprint density at radius 1 is 0.946 bits per heavy atom. The summed E-state index contributed by atoms with van der Waals surface area (Å²) in [5.74, 6) is -0.377. The van der Waals surface area contributed by atoms with E-state index in [-0.39, 0.29) is 42.3 Å². The van der Waals surface area contributed by atoms with Crippen LogP contribution >= 0.6 is 22.7 Å².